The molecule has 0 bridgehead atoms. The molecule has 15 N–H and O–H groups in total. The highest BCUT2D eigenvalue weighted by Crippen LogP contribution is 2.31. The minimum atomic E-state index is -1.66. The van der Waals surface area contributed by atoms with Crippen molar-refractivity contribution in [2.45, 2.75) is 98.2 Å². The summed E-state index contributed by atoms with van der Waals surface area (Å²) in [6.07, 6.45) is -16.5. The molecule has 0 aromatic carbocycles. The first-order valence-electron chi connectivity index (χ1n) is 10.8. The van der Waals surface area contributed by atoms with Crippen LogP contribution in [0.5, 0.6) is 0 Å². The van der Waals surface area contributed by atoms with Crippen molar-refractivity contribution in [3.05, 3.63) is 0 Å². The Kier molecular flexibility index (Phi) is 8.99. The van der Waals surface area contributed by atoms with E-state index in [9.17, 15) is 35.7 Å². The fourth-order valence-corrected chi connectivity index (χ4v) is 4.40. The quantitative estimate of drug-likeness (QED) is 0.167. The Hall–Kier alpha value is -0.600. The second-order valence-electron chi connectivity index (χ2n) is 8.79. The molecule has 0 spiro atoms. The van der Waals surface area contributed by atoms with Gasteiger partial charge in [0, 0.05) is 18.6 Å². The molecule has 1 aliphatic carbocycles. The second kappa shape index (κ2) is 11.0. The Morgan fingerprint density at radius 1 is 0.667 bits per heavy atom. The number of aliphatic hydroxyl groups excluding tert-OH is 7. The standard InChI is InChI=1S/C18H36N4O11/c19-2-6-10(25)12(27)13(28)18(30-6)33-16-5(21)1-4(20)15(14(16)29)32-17-11(26)8(22)9(24)7(3-23)31-17/h4-18,23-29H,1-3,19-22H2/t4-,5-,6-,7-,8+,9+,10+,11-,12-,13-,14-,15-,16+,17+,18+/m0/s1. The summed E-state index contributed by atoms with van der Waals surface area (Å²) in [5.41, 5.74) is 23.5. The Morgan fingerprint density at radius 3 is 1.70 bits per heavy atom. The largest absolute Gasteiger partial charge is 0.394 e. The summed E-state index contributed by atoms with van der Waals surface area (Å²) >= 11 is 0. The van der Waals surface area contributed by atoms with Crippen LogP contribution in [0.4, 0.5) is 0 Å². The van der Waals surface area contributed by atoms with Crippen LogP contribution in [-0.4, -0.2) is 141 Å². The van der Waals surface area contributed by atoms with E-state index in [2.05, 4.69) is 0 Å². The molecule has 0 aromatic rings. The molecular formula is C18H36N4O11. The Morgan fingerprint density at radius 2 is 1.18 bits per heavy atom. The summed E-state index contributed by atoms with van der Waals surface area (Å²) in [7, 11) is 0. The van der Waals surface area contributed by atoms with E-state index in [0.717, 1.165) is 0 Å². The van der Waals surface area contributed by atoms with E-state index in [1.807, 2.05) is 0 Å². The van der Waals surface area contributed by atoms with Crippen LogP contribution in [-0.2, 0) is 18.9 Å². The number of aliphatic hydroxyl groups is 7. The molecule has 0 aromatic heterocycles. The van der Waals surface area contributed by atoms with Gasteiger partial charge in [-0.25, -0.2) is 0 Å². The van der Waals surface area contributed by atoms with Crippen LogP contribution < -0.4 is 22.9 Å². The molecular weight excluding hydrogens is 448 g/mol. The third-order valence-electron chi connectivity index (χ3n) is 6.48. The molecule has 15 heteroatoms. The molecule has 0 radical (unpaired) electrons. The van der Waals surface area contributed by atoms with Crippen LogP contribution >= 0.6 is 0 Å². The first kappa shape index (κ1) is 27.0. The second-order valence-corrected chi connectivity index (χ2v) is 8.79. The Balaban J connectivity index is 1.72. The normalized spacial score (nSPS) is 53.7. The maximum Gasteiger partial charge on any atom is 0.187 e. The van der Waals surface area contributed by atoms with Crippen LogP contribution in [0.1, 0.15) is 6.42 Å². The van der Waals surface area contributed by atoms with Gasteiger partial charge in [0.25, 0.3) is 0 Å². The van der Waals surface area contributed by atoms with Gasteiger partial charge >= 0.3 is 0 Å². The van der Waals surface area contributed by atoms with E-state index >= 15 is 0 Å². The summed E-state index contributed by atoms with van der Waals surface area (Å²) in [5, 5.41) is 70.9. The van der Waals surface area contributed by atoms with E-state index < -0.39 is 98.4 Å². The molecule has 3 fully saturated rings. The maximum atomic E-state index is 10.9. The van der Waals surface area contributed by atoms with Gasteiger partial charge in [-0.15, -0.1) is 0 Å². The van der Waals surface area contributed by atoms with Crippen LogP contribution in [0.25, 0.3) is 0 Å². The van der Waals surface area contributed by atoms with E-state index in [1.54, 1.807) is 0 Å². The van der Waals surface area contributed by atoms with Crippen molar-refractivity contribution in [2.75, 3.05) is 13.2 Å². The highest BCUT2D eigenvalue weighted by atomic mass is 16.7. The van der Waals surface area contributed by atoms with Crippen molar-refractivity contribution in [3.8, 4) is 0 Å². The molecule has 194 valence electrons. The molecule has 2 heterocycles. The lowest BCUT2D eigenvalue weighted by Gasteiger charge is -2.48. The fraction of sp³-hybridized carbons (Fsp3) is 1.00. The summed E-state index contributed by atoms with van der Waals surface area (Å²) in [6, 6.07) is -2.86. The predicted molar refractivity (Wildman–Crippen MR) is 108 cm³/mol. The van der Waals surface area contributed by atoms with Crippen LogP contribution in [0.15, 0.2) is 0 Å². The van der Waals surface area contributed by atoms with Crippen molar-refractivity contribution >= 4 is 0 Å². The SMILES string of the molecule is NC[C@@H]1O[C@H](O[C@H]2[C@@H](O)[C@@H](O[C@H]3O[C@@H](CO)[C@@H](O)[C@@H](N)[C@@H]3O)[C@@H](N)C[C@@H]2N)[C@@H](O)[C@@H](O)[C@@H]1O. The fourth-order valence-electron chi connectivity index (χ4n) is 4.40. The first-order chi connectivity index (χ1) is 15.5. The topological polar surface area (TPSA) is 283 Å². The lowest BCUT2D eigenvalue weighted by molar-refractivity contribution is -0.332. The third-order valence-corrected chi connectivity index (χ3v) is 6.48. The average molecular weight is 485 g/mol. The van der Waals surface area contributed by atoms with E-state index in [-0.39, 0.29) is 13.0 Å². The number of hydrogen-bond donors (Lipinski definition) is 11. The van der Waals surface area contributed by atoms with Gasteiger partial charge in [-0.2, -0.15) is 0 Å². The molecule has 15 atom stereocenters. The molecule has 3 rings (SSSR count). The Labute approximate surface area is 189 Å². The van der Waals surface area contributed by atoms with Crippen LogP contribution in [0.2, 0.25) is 0 Å². The third kappa shape index (κ3) is 5.32. The first-order valence-corrected chi connectivity index (χ1v) is 10.8. The number of rotatable bonds is 6. The van der Waals surface area contributed by atoms with Gasteiger partial charge in [-0.3, -0.25) is 0 Å². The van der Waals surface area contributed by atoms with E-state index in [0.29, 0.717) is 0 Å². The number of nitrogens with two attached hydrogens (primary N) is 4. The molecule has 15 nitrogen and oxygen atoms in total. The van der Waals surface area contributed by atoms with Gasteiger partial charge in [0.15, 0.2) is 12.6 Å². The van der Waals surface area contributed by atoms with Gasteiger partial charge in [-0.05, 0) is 6.42 Å². The highest BCUT2D eigenvalue weighted by molar-refractivity contribution is 5.01. The minimum absolute atomic E-state index is 0.0849. The van der Waals surface area contributed by atoms with Crippen LogP contribution in [0, 0.1) is 0 Å². The van der Waals surface area contributed by atoms with Crippen molar-refractivity contribution in [2.24, 2.45) is 22.9 Å². The summed E-state index contributed by atoms with van der Waals surface area (Å²) in [5.74, 6) is 0. The summed E-state index contributed by atoms with van der Waals surface area (Å²) < 4.78 is 22.2. The smallest absolute Gasteiger partial charge is 0.187 e. The molecule has 2 aliphatic heterocycles. The number of ether oxygens (including phenoxy) is 4. The van der Waals surface area contributed by atoms with Gasteiger partial charge in [0.05, 0.1) is 12.6 Å². The maximum absolute atomic E-state index is 10.9. The zero-order valence-electron chi connectivity index (χ0n) is 17.9. The van der Waals surface area contributed by atoms with Gasteiger partial charge in [0.2, 0.25) is 0 Å². The molecule has 33 heavy (non-hydrogen) atoms. The van der Waals surface area contributed by atoms with Crippen LogP contribution in [0.3, 0.4) is 0 Å². The van der Waals surface area contributed by atoms with E-state index in [1.165, 1.54) is 0 Å². The summed E-state index contributed by atoms with van der Waals surface area (Å²) in [6.45, 7) is -0.763. The van der Waals surface area contributed by atoms with E-state index in [4.69, 9.17) is 41.9 Å². The Bertz CT molecular complexity index is 584. The lowest BCUT2D eigenvalue weighted by Crippen LogP contribution is -2.68. The highest BCUT2D eigenvalue weighted by Gasteiger charge is 2.51. The molecule has 1 saturated carbocycles. The molecule has 0 unspecified atom stereocenters. The average Bonchev–Trinajstić information content (AvgIpc) is 2.79. The molecule has 3 aliphatic rings. The van der Waals surface area contributed by atoms with Crippen molar-refractivity contribution in [1.29, 1.82) is 0 Å². The zero-order valence-corrected chi connectivity index (χ0v) is 17.9. The zero-order chi connectivity index (χ0) is 24.6. The van der Waals surface area contributed by atoms with Gasteiger partial charge in [0.1, 0.15) is 61.0 Å². The number of hydrogen-bond acceptors (Lipinski definition) is 15. The minimum Gasteiger partial charge on any atom is -0.394 e. The molecule has 0 amide bonds. The lowest BCUT2D eigenvalue weighted by atomic mass is 9.84. The summed E-state index contributed by atoms with van der Waals surface area (Å²) in [4.78, 5) is 0. The predicted octanol–water partition coefficient (Wildman–Crippen LogP) is -7.29. The van der Waals surface area contributed by atoms with Crippen molar-refractivity contribution < 1.29 is 54.7 Å². The van der Waals surface area contributed by atoms with Gasteiger partial charge < -0.3 is 77.6 Å². The van der Waals surface area contributed by atoms with Crippen molar-refractivity contribution in [1.82, 2.24) is 0 Å². The molecule has 2 saturated heterocycles. The monoisotopic (exact) mass is 484 g/mol. The van der Waals surface area contributed by atoms with Crippen molar-refractivity contribution in [3.63, 3.8) is 0 Å². The van der Waals surface area contributed by atoms with Gasteiger partial charge in [-0.1, -0.05) is 0 Å².